The van der Waals surface area contributed by atoms with E-state index in [9.17, 15) is 4.79 Å². The summed E-state index contributed by atoms with van der Waals surface area (Å²) in [5.41, 5.74) is 6.83. The molecule has 0 aliphatic carbocycles. The van der Waals surface area contributed by atoms with E-state index in [0.717, 1.165) is 16.3 Å². The van der Waals surface area contributed by atoms with Gasteiger partial charge in [-0.1, -0.05) is 18.2 Å². The first-order valence-corrected chi connectivity index (χ1v) is 7.17. The number of nitrogens with zero attached hydrogens (tertiary/aromatic N) is 1. The number of methoxy groups -OCH3 is 1. The molecular weight excluding hydrogens is 274 g/mol. The number of nitrogens with one attached hydrogen (secondary N) is 1. The topological polar surface area (TPSA) is 77.2 Å². The largest absolute Gasteiger partial charge is 0.496 e. The molecule has 0 saturated heterocycles. The highest BCUT2D eigenvalue weighted by Crippen LogP contribution is 2.17. The molecule has 1 aromatic carbocycles. The van der Waals surface area contributed by atoms with Crippen molar-refractivity contribution in [2.24, 2.45) is 5.73 Å². The third-order valence-corrected chi connectivity index (χ3v) is 3.68. The van der Waals surface area contributed by atoms with Crippen molar-refractivity contribution in [2.75, 3.05) is 13.7 Å². The van der Waals surface area contributed by atoms with Crippen molar-refractivity contribution in [3.8, 4) is 5.75 Å². The van der Waals surface area contributed by atoms with Crippen molar-refractivity contribution in [1.29, 1.82) is 0 Å². The van der Waals surface area contributed by atoms with E-state index in [1.54, 1.807) is 12.5 Å². The van der Waals surface area contributed by atoms with E-state index >= 15 is 0 Å². The number of carbonyl (C=O) groups is 1. The van der Waals surface area contributed by atoms with Crippen LogP contribution >= 0.6 is 11.3 Å². The van der Waals surface area contributed by atoms with Crippen molar-refractivity contribution in [3.63, 3.8) is 0 Å². The van der Waals surface area contributed by atoms with Gasteiger partial charge in [-0.2, -0.15) is 0 Å². The van der Waals surface area contributed by atoms with Gasteiger partial charge in [-0.3, -0.25) is 4.79 Å². The van der Waals surface area contributed by atoms with Gasteiger partial charge in [0.1, 0.15) is 11.4 Å². The van der Waals surface area contributed by atoms with Crippen molar-refractivity contribution in [3.05, 3.63) is 45.9 Å². The molecule has 0 aliphatic rings. The van der Waals surface area contributed by atoms with Crippen LogP contribution in [0.4, 0.5) is 0 Å². The average Bonchev–Trinajstić information content (AvgIpc) is 2.94. The molecule has 0 fully saturated rings. The molecule has 2 aromatic rings. The summed E-state index contributed by atoms with van der Waals surface area (Å²) in [4.78, 5) is 16.2. The number of amides is 1. The van der Waals surface area contributed by atoms with Crippen molar-refractivity contribution >= 4 is 17.2 Å². The molecule has 6 heteroatoms. The Morgan fingerprint density at radius 1 is 1.45 bits per heavy atom. The van der Waals surface area contributed by atoms with Crippen LogP contribution in [0.25, 0.3) is 0 Å². The van der Waals surface area contributed by atoms with Crippen LogP contribution in [-0.4, -0.2) is 24.5 Å². The monoisotopic (exact) mass is 291 g/mol. The summed E-state index contributed by atoms with van der Waals surface area (Å²) in [6.07, 6.45) is 0.699. The Labute approximate surface area is 121 Å². The normalized spacial score (nSPS) is 10.3. The van der Waals surface area contributed by atoms with Gasteiger partial charge in [0, 0.05) is 23.9 Å². The first-order chi connectivity index (χ1) is 9.74. The van der Waals surface area contributed by atoms with Crippen LogP contribution in [0.5, 0.6) is 5.75 Å². The highest BCUT2D eigenvalue weighted by atomic mass is 32.1. The van der Waals surface area contributed by atoms with Gasteiger partial charge in [-0.25, -0.2) is 4.98 Å². The molecule has 1 amide bonds. The van der Waals surface area contributed by atoms with E-state index in [1.165, 1.54) is 11.3 Å². The lowest BCUT2D eigenvalue weighted by Gasteiger charge is -2.08. The molecule has 106 valence electrons. The van der Waals surface area contributed by atoms with E-state index in [-0.39, 0.29) is 5.91 Å². The molecule has 0 radical (unpaired) electrons. The van der Waals surface area contributed by atoms with Gasteiger partial charge in [0.05, 0.1) is 12.1 Å². The Morgan fingerprint density at radius 2 is 2.25 bits per heavy atom. The molecule has 2 rings (SSSR count). The van der Waals surface area contributed by atoms with Gasteiger partial charge in [0.25, 0.3) is 5.91 Å². The van der Waals surface area contributed by atoms with Crippen LogP contribution < -0.4 is 15.8 Å². The van der Waals surface area contributed by atoms with Crippen molar-refractivity contribution in [1.82, 2.24) is 10.3 Å². The third-order valence-electron chi connectivity index (χ3n) is 2.77. The van der Waals surface area contributed by atoms with Gasteiger partial charge >= 0.3 is 0 Å². The summed E-state index contributed by atoms with van der Waals surface area (Å²) in [6, 6.07) is 7.58. The second-order valence-corrected chi connectivity index (χ2v) is 5.10. The molecule has 1 heterocycles. The Hall–Kier alpha value is -1.92. The molecular formula is C14H17N3O2S. The van der Waals surface area contributed by atoms with Gasteiger partial charge < -0.3 is 15.8 Å². The molecule has 0 spiro atoms. The minimum Gasteiger partial charge on any atom is -0.496 e. The quantitative estimate of drug-likeness (QED) is 0.847. The number of hydrogen-bond donors (Lipinski definition) is 2. The molecule has 20 heavy (non-hydrogen) atoms. The maximum Gasteiger partial charge on any atom is 0.271 e. The highest BCUT2D eigenvalue weighted by Gasteiger charge is 2.11. The number of hydrogen-bond acceptors (Lipinski definition) is 5. The molecule has 0 aliphatic heterocycles. The Bertz CT molecular complexity index is 583. The summed E-state index contributed by atoms with van der Waals surface area (Å²) in [7, 11) is 1.61. The molecule has 0 saturated carbocycles. The van der Waals surface area contributed by atoms with Gasteiger partial charge in [-0.15, -0.1) is 11.3 Å². The number of rotatable bonds is 6. The molecule has 1 aromatic heterocycles. The summed E-state index contributed by atoms with van der Waals surface area (Å²) < 4.78 is 5.24. The zero-order chi connectivity index (χ0) is 14.4. The summed E-state index contributed by atoms with van der Waals surface area (Å²) in [6.45, 7) is 0.947. The minimum absolute atomic E-state index is 0.185. The third kappa shape index (κ3) is 3.55. The number of benzene rings is 1. The van der Waals surface area contributed by atoms with Crippen LogP contribution in [0.15, 0.2) is 29.6 Å². The number of carbonyl (C=O) groups excluding carboxylic acids is 1. The maximum atomic E-state index is 12.0. The van der Waals surface area contributed by atoms with Crippen LogP contribution in [-0.2, 0) is 13.0 Å². The predicted molar refractivity (Wildman–Crippen MR) is 79.0 cm³/mol. The zero-order valence-electron chi connectivity index (χ0n) is 11.3. The Kier molecular flexibility index (Phi) is 5.09. The summed E-state index contributed by atoms with van der Waals surface area (Å²) in [5, 5.41) is 5.48. The Morgan fingerprint density at radius 3 is 3.00 bits per heavy atom. The first kappa shape index (κ1) is 14.5. The SMILES string of the molecule is COc1ccccc1CNC(=O)c1csc(CCN)n1. The smallest absolute Gasteiger partial charge is 0.271 e. The lowest BCUT2D eigenvalue weighted by atomic mass is 10.2. The maximum absolute atomic E-state index is 12.0. The van der Waals surface area contributed by atoms with E-state index < -0.39 is 0 Å². The molecule has 0 unspecified atom stereocenters. The molecule has 0 atom stereocenters. The summed E-state index contributed by atoms with van der Waals surface area (Å²) >= 11 is 1.46. The number of aromatic nitrogens is 1. The van der Waals surface area contributed by atoms with Gasteiger partial charge in [0.2, 0.25) is 0 Å². The fourth-order valence-corrected chi connectivity index (χ4v) is 2.56. The standard InChI is InChI=1S/C14H17N3O2S/c1-19-12-5-3-2-4-10(12)8-16-14(18)11-9-20-13(17-11)6-7-15/h2-5,9H,6-8,15H2,1H3,(H,16,18). The van der Waals surface area contributed by atoms with Crippen molar-refractivity contribution in [2.45, 2.75) is 13.0 Å². The number of ether oxygens (including phenoxy) is 1. The lowest BCUT2D eigenvalue weighted by molar-refractivity contribution is 0.0946. The van der Waals surface area contributed by atoms with Crippen molar-refractivity contribution < 1.29 is 9.53 Å². The second-order valence-electron chi connectivity index (χ2n) is 4.16. The van der Waals surface area contributed by atoms with Gasteiger partial charge in [0.15, 0.2) is 0 Å². The first-order valence-electron chi connectivity index (χ1n) is 6.29. The minimum atomic E-state index is -0.185. The van der Waals surface area contributed by atoms with E-state index in [4.69, 9.17) is 10.5 Å². The predicted octanol–water partition coefficient (Wildman–Crippen LogP) is 1.58. The number of nitrogens with two attached hydrogens (primary N) is 1. The fourth-order valence-electron chi connectivity index (χ4n) is 1.77. The van der Waals surface area contributed by atoms with Crippen LogP contribution in [0.3, 0.4) is 0 Å². The number of para-hydroxylation sites is 1. The molecule has 0 bridgehead atoms. The Balaban J connectivity index is 1.97. The fraction of sp³-hybridized carbons (Fsp3) is 0.286. The van der Waals surface area contributed by atoms with Crippen LogP contribution in [0.2, 0.25) is 0 Å². The average molecular weight is 291 g/mol. The van der Waals surface area contributed by atoms with Gasteiger partial charge in [-0.05, 0) is 12.6 Å². The van der Waals surface area contributed by atoms with E-state index in [2.05, 4.69) is 10.3 Å². The van der Waals surface area contributed by atoms with E-state index in [0.29, 0.717) is 25.2 Å². The lowest BCUT2D eigenvalue weighted by Crippen LogP contribution is -2.23. The summed E-state index contributed by atoms with van der Waals surface area (Å²) in [5.74, 6) is 0.574. The zero-order valence-corrected chi connectivity index (χ0v) is 12.1. The second kappa shape index (κ2) is 7.02. The van der Waals surface area contributed by atoms with E-state index in [1.807, 2.05) is 24.3 Å². The molecule has 5 nitrogen and oxygen atoms in total. The van der Waals surface area contributed by atoms with Crippen LogP contribution in [0.1, 0.15) is 21.1 Å². The van der Waals surface area contributed by atoms with Crippen LogP contribution in [0, 0.1) is 0 Å². The molecule has 3 N–H and O–H groups in total. The number of thiazole rings is 1. The highest BCUT2D eigenvalue weighted by molar-refractivity contribution is 7.09.